The lowest BCUT2D eigenvalue weighted by atomic mass is 10.0. The number of unbranched alkanes of at least 4 members (excludes halogenated alkanes) is 12. The van der Waals surface area contributed by atoms with Gasteiger partial charge in [0.25, 0.3) is 0 Å². The number of phosphoric ester groups is 1. The standard InChI is InChI=1S/C33H58NO7P/c1-3-5-7-9-11-13-15-16-17-18-20-22-24-26-33(35)41-32(31-40-42(36,37)39-29-27-34)30-38-28-25-23-21-19-14-12-10-8-6-4-2/h6,8,10,12,14,19,21,23,25,28,32H,3-5,7,9,11,13,15-18,20,22,24,26-27,29-31,34H2,1-2H3,(H,36,37). The van der Waals surface area contributed by atoms with Gasteiger partial charge in [0.2, 0.25) is 0 Å². The second kappa shape index (κ2) is 30.5. The van der Waals surface area contributed by atoms with Crippen LogP contribution in [0.3, 0.4) is 0 Å². The third kappa shape index (κ3) is 29.5. The highest BCUT2D eigenvalue weighted by Crippen LogP contribution is 2.43. The zero-order valence-corrected chi connectivity index (χ0v) is 27.1. The Morgan fingerprint density at radius 3 is 1.81 bits per heavy atom. The Bertz CT molecular complexity index is 823. The van der Waals surface area contributed by atoms with Gasteiger partial charge in [-0.15, -0.1) is 0 Å². The summed E-state index contributed by atoms with van der Waals surface area (Å²) in [6, 6.07) is 0. The van der Waals surface area contributed by atoms with Crippen LogP contribution in [-0.4, -0.2) is 43.3 Å². The Labute approximate surface area is 255 Å². The number of ether oxygens (including phenoxy) is 2. The summed E-state index contributed by atoms with van der Waals surface area (Å²) in [5, 5.41) is 0. The molecule has 0 saturated carbocycles. The van der Waals surface area contributed by atoms with Crippen LogP contribution >= 0.6 is 7.82 Å². The number of nitrogens with two attached hydrogens (primary N) is 1. The highest BCUT2D eigenvalue weighted by Gasteiger charge is 2.25. The van der Waals surface area contributed by atoms with Crippen molar-refractivity contribution in [2.75, 3.05) is 26.4 Å². The SMILES string of the molecule is CCC=CC=CC=CC=CC=COCC(COP(=O)(O)OCCN)OC(=O)CCCCCCCCCCCCCCC. The number of hydrogen-bond donors (Lipinski definition) is 2. The average molecular weight is 612 g/mol. The number of hydrogen-bond acceptors (Lipinski definition) is 7. The van der Waals surface area contributed by atoms with Crippen molar-refractivity contribution in [1.29, 1.82) is 0 Å². The number of carbonyl (C=O) groups is 1. The molecule has 8 nitrogen and oxygen atoms in total. The third-order valence-corrected chi connectivity index (χ3v) is 7.17. The van der Waals surface area contributed by atoms with Gasteiger partial charge >= 0.3 is 13.8 Å². The lowest BCUT2D eigenvalue weighted by Gasteiger charge is -2.19. The van der Waals surface area contributed by atoms with Crippen molar-refractivity contribution in [3.8, 4) is 0 Å². The van der Waals surface area contributed by atoms with Crippen LogP contribution in [0.2, 0.25) is 0 Å². The summed E-state index contributed by atoms with van der Waals surface area (Å²) in [7, 11) is -4.30. The summed E-state index contributed by atoms with van der Waals surface area (Å²) in [6.45, 7) is 3.91. The first kappa shape index (κ1) is 40.0. The van der Waals surface area contributed by atoms with Crippen LogP contribution in [-0.2, 0) is 27.9 Å². The Kier molecular flexibility index (Phi) is 29.1. The molecule has 0 aromatic rings. The highest BCUT2D eigenvalue weighted by molar-refractivity contribution is 7.47. The molecule has 0 fully saturated rings. The van der Waals surface area contributed by atoms with Crippen LogP contribution < -0.4 is 5.73 Å². The van der Waals surface area contributed by atoms with Crippen LogP contribution in [0.1, 0.15) is 110 Å². The van der Waals surface area contributed by atoms with Crippen LogP contribution in [0, 0.1) is 0 Å². The molecule has 0 radical (unpaired) electrons. The fourth-order valence-electron chi connectivity index (χ4n) is 3.89. The molecular weight excluding hydrogens is 553 g/mol. The molecule has 0 spiro atoms. The van der Waals surface area contributed by atoms with Gasteiger partial charge in [0.05, 0.1) is 19.5 Å². The quantitative estimate of drug-likeness (QED) is 0.0284. The molecule has 2 unspecified atom stereocenters. The van der Waals surface area contributed by atoms with Crippen molar-refractivity contribution in [2.24, 2.45) is 5.73 Å². The fraction of sp³-hybridized carbons (Fsp3) is 0.667. The third-order valence-electron chi connectivity index (χ3n) is 6.18. The van der Waals surface area contributed by atoms with Crippen molar-refractivity contribution in [1.82, 2.24) is 0 Å². The van der Waals surface area contributed by atoms with E-state index in [-0.39, 0.29) is 38.8 Å². The Morgan fingerprint density at radius 1 is 0.738 bits per heavy atom. The van der Waals surface area contributed by atoms with Crippen molar-refractivity contribution in [2.45, 2.75) is 116 Å². The molecule has 242 valence electrons. The van der Waals surface area contributed by atoms with Crippen molar-refractivity contribution < 1.29 is 32.8 Å². The lowest BCUT2D eigenvalue weighted by Crippen LogP contribution is -2.27. The van der Waals surface area contributed by atoms with Crippen molar-refractivity contribution >= 4 is 13.8 Å². The zero-order valence-electron chi connectivity index (χ0n) is 26.2. The minimum Gasteiger partial charge on any atom is -0.497 e. The van der Waals surface area contributed by atoms with E-state index in [2.05, 4.69) is 19.9 Å². The average Bonchev–Trinajstić information content (AvgIpc) is 2.97. The van der Waals surface area contributed by atoms with Gasteiger partial charge in [0.1, 0.15) is 6.61 Å². The smallest absolute Gasteiger partial charge is 0.472 e. The van der Waals surface area contributed by atoms with E-state index in [0.29, 0.717) is 0 Å². The first-order chi connectivity index (χ1) is 20.4. The van der Waals surface area contributed by atoms with E-state index in [1.807, 2.05) is 36.5 Å². The van der Waals surface area contributed by atoms with Crippen LogP contribution in [0.25, 0.3) is 0 Å². The Morgan fingerprint density at radius 2 is 1.26 bits per heavy atom. The van der Waals surface area contributed by atoms with Crippen LogP contribution in [0.4, 0.5) is 0 Å². The fourth-order valence-corrected chi connectivity index (χ4v) is 4.66. The molecule has 9 heteroatoms. The maximum Gasteiger partial charge on any atom is 0.472 e. The molecule has 0 saturated heterocycles. The van der Waals surface area contributed by atoms with E-state index >= 15 is 0 Å². The number of carbonyl (C=O) groups excluding carboxylic acids is 1. The van der Waals surface area contributed by atoms with E-state index in [4.69, 9.17) is 24.3 Å². The predicted molar refractivity (Wildman–Crippen MR) is 173 cm³/mol. The first-order valence-electron chi connectivity index (χ1n) is 15.9. The largest absolute Gasteiger partial charge is 0.497 e. The maximum atomic E-state index is 12.4. The van der Waals surface area contributed by atoms with E-state index in [0.717, 1.165) is 25.7 Å². The van der Waals surface area contributed by atoms with Gasteiger partial charge in [0.15, 0.2) is 6.10 Å². The molecule has 0 aromatic carbocycles. The van der Waals surface area contributed by atoms with Gasteiger partial charge in [-0.25, -0.2) is 4.57 Å². The normalized spacial score (nSPS) is 14.6. The molecule has 3 N–H and O–H groups in total. The van der Waals surface area contributed by atoms with Gasteiger partial charge in [-0.05, 0) is 18.9 Å². The van der Waals surface area contributed by atoms with E-state index in [1.54, 1.807) is 12.2 Å². The van der Waals surface area contributed by atoms with Gasteiger partial charge in [-0.2, -0.15) is 0 Å². The minimum absolute atomic E-state index is 0.0338. The summed E-state index contributed by atoms with van der Waals surface area (Å²) >= 11 is 0. The van der Waals surface area contributed by atoms with Crippen LogP contribution in [0.15, 0.2) is 60.9 Å². The number of esters is 1. The minimum atomic E-state index is -4.30. The molecule has 0 amide bonds. The van der Waals surface area contributed by atoms with E-state index < -0.39 is 13.9 Å². The Balaban J connectivity index is 4.36. The topological polar surface area (TPSA) is 117 Å². The summed E-state index contributed by atoms with van der Waals surface area (Å²) in [6.07, 6.45) is 34.9. The molecule has 0 aliphatic carbocycles. The first-order valence-corrected chi connectivity index (χ1v) is 17.4. The maximum absolute atomic E-state index is 12.4. The summed E-state index contributed by atoms with van der Waals surface area (Å²) in [4.78, 5) is 22.2. The molecule has 0 heterocycles. The summed E-state index contributed by atoms with van der Waals surface area (Å²) in [5.41, 5.74) is 5.31. The molecule has 0 aliphatic heterocycles. The van der Waals surface area contributed by atoms with Gasteiger partial charge in [-0.3, -0.25) is 13.8 Å². The molecule has 0 aromatic heterocycles. The van der Waals surface area contributed by atoms with Crippen LogP contribution in [0.5, 0.6) is 0 Å². The number of phosphoric acid groups is 1. The molecule has 0 rings (SSSR count). The van der Waals surface area contributed by atoms with Gasteiger partial charge < -0.3 is 20.1 Å². The van der Waals surface area contributed by atoms with Crippen molar-refractivity contribution in [3.63, 3.8) is 0 Å². The molecule has 42 heavy (non-hydrogen) atoms. The molecule has 2 atom stereocenters. The van der Waals surface area contributed by atoms with E-state index in [9.17, 15) is 14.3 Å². The van der Waals surface area contributed by atoms with Gasteiger partial charge in [-0.1, -0.05) is 140 Å². The predicted octanol–water partition coefficient (Wildman–Crippen LogP) is 8.64. The second-order valence-electron chi connectivity index (χ2n) is 10.1. The van der Waals surface area contributed by atoms with Gasteiger partial charge in [0, 0.05) is 13.0 Å². The van der Waals surface area contributed by atoms with E-state index in [1.165, 1.54) is 70.5 Å². The number of rotatable bonds is 29. The monoisotopic (exact) mass is 611 g/mol. The summed E-state index contributed by atoms with van der Waals surface area (Å²) < 4.78 is 32.7. The second-order valence-corrected chi connectivity index (χ2v) is 11.6. The highest BCUT2D eigenvalue weighted by atomic mass is 31.2. The summed E-state index contributed by atoms with van der Waals surface area (Å²) in [5.74, 6) is -0.387. The number of allylic oxidation sites excluding steroid dienone is 9. The molecule has 0 bridgehead atoms. The Hall–Kier alpha value is -1.96. The van der Waals surface area contributed by atoms with Crippen molar-refractivity contribution in [3.05, 3.63) is 60.9 Å². The molecular formula is C33H58NO7P. The zero-order chi connectivity index (χ0) is 31.0. The lowest BCUT2D eigenvalue weighted by molar-refractivity contribution is -0.153. The molecule has 0 aliphatic rings.